The fourth-order valence-electron chi connectivity index (χ4n) is 5.91. The number of halogens is 1. The van der Waals surface area contributed by atoms with E-state index in [1.807, 2.05) is 6.07 Å². The molecule has 0 aliphatic carbocycles. The van der Waals surface area contributed by atoms with Crippen LogP contribution in [0.5, 0.6) is 0 Å². The van der Waals surface area contributed by atoms with Crippen LogP contribution in [-0.2, 0) is 0 Å². The standard InChI is InChI=1S/C36H22BrNO/c37-26-18-20-32-30(22-26)28-10-4-6-12-31(28)38(32)33-21-19-27(35-29-11-5-7-13-34(29)39-36(33)35)25-16-14-24(15-17-25)23-8-2-1-3-9-23/h1-22H. The number of hydrogen-bond donors (Lipinski definition) is 0. The number of rotatable bonds is 3. The van der Waals surface area contributed by atoms with Crippen LogP contribution in [0.15, 0.2) is 142 Å². The van der Waals surface area contributed by atoms with Crippen LogP contribution >= 0.6 is 15.9 Å². The SMILES string of the molecule is Brc1ccc2c(c1)c1ccccc1n2-c1ccc(-c2ccc(-c3ccccc3)cc2)c2c1oc1ccccc12. The van der Waals surface area contributed by atoms with Crippen LogP contribution in [0.25, 0.3) is 71.7 Å². The first-order valence-corrected chi connectivity index (χ1v) is 13.8. The number of nitrogens with zero attached hydrogens (tertiary/aromatic N) is 1. The zero-order valence-corrected chi connectivity index (χ0v) is 22.5. The average Bonchev–Trinajstić information content (AvgIpc) is 3.54. The van der Waals surface area contributed by atoms with Crippen molar-refractivity contribution in [1.29, 1.82) is 0 Å². The molecule has 0 N–H and O–H groups in total. The molecule has 3 heteroatoms. The van der Waals surface area contributed by atoms with E-state index in [0.717, 1.165) is 43.1 Å². The molecule has 0 bridgehead atoms. The Labute approximate surface area is 233 Å². The molecular weight excluding hydrogens is 542 g/mol. The zero-order chi connectivity index (χ0) is 25.9. The second kappa shape index (κ2) is 8.72. The summed E-state index contributed by atoms with van der Waals surface area (Å²) in [5.74, 6) is 0. The summed E-state index contributed by atoms with van der Waals surface area (Å²) in [7, 11) is 0. The summed E-state index contributed by atoms with van der Waals surface area (Å²) < 4.78 is 10.1. The summed E-state index contributed by atoms with van der Waals surface area (Å²) in [6.45, 7) is 0. The monoisotopic (exact) mass is 563 g/mol. The third-order valence-corrected chi connectivity index (χ3v) is 8.18. The first-order valence-electron chi connectivity index (χ1n) is 13.1. The summed E-state index contributed by atoms with van der Waals surface area (Å²) in [5, 5.41) is 4.70. The van der Waals surface area contributed by atoms with Crippen molar-refractivity contribution in [2.24, 2.45) is 0 Å². The van der Waals surface area contributed by atoms with E-state index in [2.05, 4.69) is 148 Å². The van der Waals surface area contributed by atoms with Crippen LogP contribution in [-0.4, -0.2) is 4.57 Å². The Hall–Kier alpha value is -4.60. The number of hydrogen-bond acceptors (Lipinski definition) is 1. The fourth-order valence-corrected chi connectivity index (χ4v) is 6.27. The maximum Gasteiger partial charge on any atom is 0.160 e. The molecule has 8 rings (SSSR count). The molecule has 0 aliphatic rings. The molecule has 0 fully saturated rings. The number of aromatic nitrogens is 1. The summed E-state index contributed by atoms with van der Waals surface area (Å²) in [6, 6.07) is 47.2. The summed E-state index contributed by atoms with van der Waals surface area (Å²) in [5.41, 5.74) is 9.91. The molecule has 2 nitrogen and oxygen atoms in total. The van der Waals surface area contributed by atoms with Gasteiger partial charge in [0.2, 0.25) is 0 Å². The predicted molar refractivity (Wildman–Crippen MR) is 167 cm³/mol. The Balaban J connectivity index is 1.41. The Morgan fingerprint density at radius 3 is 2.03 bits per heavy atom. The summed E-state index contributed by atoms with van der Waals surface area (Å²) in [6.07, 6.45) is 0. The van der Waals surface area contributed by atoms with Crippen molar-refractivity contribution in [3.8, 4) is 27.9 Å². The molecule has 39 heavy (non-hydrogen) atoms. The molecule has 0 amide bonds. The molecular formula is C36H22BrNO. The Kier molecular flexibility index (Phi) is 5.01. The molecule has 0 saturated carbocycles. The molecule has 0 aliphatic heterocycles. The molecule has 8 aromatic rings. The third kappa shape index (κ3) is 3.47. The van der Waals surface area contributed by atoms with Crippen LogP contribution in [0.4, 0.5) is 0 Å². The highest BCUT2D eigenvalue weighted by molar-refractivity contribution is 9.10. The van der Waals surface area contributed by atoms with Gasteiger partial charge >= 0.3 is 0 Å². The van der Waals surface area contributed by atoms with Gasteiger partial charge in [-0.2, -0.15) is 0 Å². The lowest BCUT2D eigenvalue weighted by Gasteiger charge is -2.12. The van der Waals surface area contributed by atoms with E-state index < -0.39 is 0 Å². The second-order valence-electron chi connectivity index (χ2n) is 9.89. The van der Waals surface area contributed by atoms with Gasteiger partial charge in [-0.1, -0.05) is 113 Å². The predicted octanol–water partition coefficient (Wildman–Crippen LogP) is 10.8. The number of furan rings is 1. The lowest BCUT2D eigenvalue weighted by Crippen LogP contribution is -1.95. The van der Waals surface area contributed by atoms with Crippen molar-refractivity contribution >= 4 is 59.7 Å². The van der Waals surface area contributed by atoms with Gasteiger partial charge in [-0.05, 0) is 58.7 Å². The lowest BCUT2D eigenvalue weighted by atomic mass is 9.96. The van der Waals surface area contributed by atoms with E-state index in [1.165, 1.54) is 33.0 Å². The molecule has 0 atom stereocenters. The van der Waals surface area contributed by atoms with Gasteiger partial charge < -0.3 is 8.98 Å². The lowest BCUT2D eigenvalue weighted by molar-refractivity contribution is 0.666. The van der Waals surface area contributed by atoms with Gasteiger partial charge in [0.05, 0.1) is 16.7 Å². The average molecular weight is 564 g/mol. The van der Waals surface area contributed by atoms with Gasteiger partial charge in [-0.3, -0.25) is 0 Å². The van der Waals surface area contributed by atoms with Crippen molar-refractivity contribution in [3.63, 3.8) is 0 Å². The first kappa shape index (κ1) is 22.4. The highest BCUT2D eigenvalue weighted by Crippen LogP contribution is 2.42. The quantitative estimate of drug-likeness (QED) is 0.209. The van der Waals surface area contributed by atoms with Crippen molar-refractivity contribution in [1.82, 2.24) is 4.57 Å². The van der Waals surface area contributed by atoms with Crippen molar-refractivity contribution in [2.75, 3.05) is 0 Å². The topological polar surface area (TPSA) is 18.1 Å². The van der Waals surface area contributed by atoms with Crippen LogP contribution < -0.4 is 0 Å². The van der Waals surface area contributed by atoms with Crippen molar-refractivity contribution < 1.29 is 4.42 Å². The van der Waals surface area contributed by atoms with Gasteiger partial charge in [-0.25, -0.2) is 0 Å². The van der Waals surface area contributed by atoms with Gasteiger partial charge in [-0.15, -0.1) is 0 Å². The normalized spacial score (nSPS) is 11.7. The van der Waals surface area contributed by atoms with Gasteiger partial charge in [0, 0.05) is 26.0 Å². The number of benzene rings is 6. The third-order valence-electron chi connectivity index (χ3n) is 7.68. The van der Waals surface area contributed by atoms with Gasteiger partial charge in [0.25, 0.3) is 0 Å². The van der Waals surface area contributed by atoms with Gasteiger partial charge in [0.15, 0.2) is 5.58 Å². The first-order chi connectivity index (χ1) is 19.3. The molecule has 2 aromatic heterocycles. The van der Waals surface area contributed by atoms with Crippen molar-refractivity contribution in [2.45, 2.75) is 0 Å². The summed E-state index contributed by atoms with van der Waals surface area (Å²) >= 11 is 3.67. The minimum absolute atomic E-state index is 0.894. The second-order valence-corrected chi connectivity index (χ2v) is 10.8. The summed E-state index contributed by atoms with van der Waals surface area (Å²) in [4.78, 5) is 0. The van der Waals surface area contributed by atoms with Crippen LogP contribution in [0, 0.1) is 0 Å². The minimum atomic E-state index is 0.894. The molecule has 2 heterocycles. The maximum absolute atomic E-state index is 6.65. The van der Waals surface area contributed by atoms with Crippen molar-refractivity contribution in [3.05, 3.63) is 138 Å². The highest BCUT2D eigenvalue weighted by Gasteiger charge is 2.20. The van der Waals surface area contributed by atoms with E-state index in [1.54, 1.807) is 0 Å². The Morgan fingerprint density at radius 2 is 1.18 bits per heavy atom. The largest absolute Gasteiger partial charge is 0.454 e. The number of para-hydroxylation sites is 2. The van der Waals surface area contributed by atoms with Crippen LogP contribution in [0.2, 0.25) is 0 Å². The molecule has 0 saturated heterocycles. The van der Waals surface area contributed by atoms with E-state index >= 15 is 0 Å². The van der Waals surface area contributed by atoms with E-state index in [9.17, 15) is 0 Å². The minimum Gasteiger partial charge on any atom is -0.454 e. The maximum atomic E-state index is 6.65. The Morgan fingerprint density at radius 1 is 0.513 bits per heavy atom. The smallest absolute Gasteiger partial charge is 0.160 e. The fraction of sp³-hybridized carbons (Fsp3) is 0. The van der Waals surface area contributed by atoms with Crippen LogP contribution in [0.3, 0.4) is 0 Å². The van der Waals surface area contributed by atoms with E-state index in [0.29, 0.717) is 0 Å². The molecule has 184 valence electrons. The van der Waals surface area contributed by atoms with Gasteiger partial charge in [0.1, 0.15) is 5.58 Å². The number of fused-ring (bicyclic) bond motifs is 6. The molecule has 0 spiro atoms. The molecule has 0 unspecified atom stereocenters. The van der Waals surface area contributed by atoms with E-state index in [-0.39, 0.29) is 0 Å². The van der Waals surface area contributed by atoms with E-state index in [4.69, 9.17) is 4.42 Å². The molecule has 0 radical (unpaired) electrons. The van der Waals surface area contributed by atoms with Crippen LogP contribution in [0.1, 0.15) is 0 Å². The zero-order valence-electron chi connectivity index (χ0n) is 20.9. The molecule has 6 aromatic carbocycles. The Bertz CT molecular complexity index is 2170. The highest BCUT2D eigenvalue weighted by atomic mass is 79.9.